The Balaban J connectivity index is 2.27. The molecule has 1 rings (SSSR count). The van der Waals surface area contributed by atoms with Gasteiger partial charge in [0.1, 0.15) is 0 Å². The number of hydrogen-bond donors (Lipinski definition) is 1. The Morgan fingerprint density at radius 1 is 1.00 bits per heavy atom. The monoisotopic (exact) mass is 225 g/mol. The molecule has 0 aromatic rings. The molecule has 1 aliphatic carbocycles. The molecule has 0 bridgehead atoms. The van der Waals surface area contributed by atoms with Gasteiger partial charge in [0, 0.05) is 6.04 Å². The van der Waals surface area contributed by atoms with E-state index in [0.29, 0.717) is 0 Å². The molecule has 0 aromatic carbocycles. The van der Waals surface area contributed by atoms with Crippen molar-refractivity contribution in [3.8, 4) is 0 Å². The van der Waals surface area contributed by atoms with Crippen molar-refractivity contribution in [3.05, 3.63) is 0 Å². The maximum atomic E-state index is 3.74. The smallest absolute Gasteiger partial charge is 0.00695 e. The quantitative estimate of drug-likeness (QED) is 0.628. The second-order valence-corrected chi connectivity index (χ2v) is 5.53. The first-order chi connectivity index (χ1) is 7.86. The zero-order valence-electron chi connectivity index (χ0n) is 11.4. The lowest BCUT2D eigenvalue weighted by molar-refractivity contribution is 0.338. The molecule has 1 fully saturated rings. The summed E-state index contributed by atoms with van der Waals surface area (Å²) in [5.41, 5.74) is 0. The Morgan fingerprint density at radius 2 is 1.69 bits per heavy atom. The van der Waals surface area contributed by atoms with E-state index in [9.17, 15) is 0 Å². The third kappa shape index (κ3) is 5.89. The van der Waals surface area contributed by atoms with Crippen LogP contribution in [0.15, 0.2) is 0 Å². The second-order valence-electron chi connectivity index (χ2n) is 5.53. The van der Waals surface area contributed by atoms with Crippen LogP contribution in [0.3, 0.4) is 0 Å². The van der Waals surface area contributed by atoms with Gasteiger partial charge >= 0.3 is 0 Å². The van der Waals surface area contributed by atoms with Crippen molar-refractivity contribution in [2.75, 3.05) is 6.54 Å². The summed E-state index contributed by atoms with van der Waals surface area (Å²) in [5, 5.41) is 3.74. The molecule has 0 heterocycles. The summed E-state index contributed by atoms with van der Waals surface area (Å²) in [4.78, 5) is 0. The van der Waals surface area contributed by atoms with Crippen LogP contribution >= 0.6 is 0 Å². The van der Waals surface area contributed by atoms with E-state index in [0.717, 1.165) is 12.0 Å². The third-order valence-corrected chi connectivity index (χ3v) is 3.91. The van der Waals surface area contributed by atoms with Crippen molar-refractivity contribution in [3.63, 3.8) is 0 Å². The van der Waals surface area contributed by atoms with Crippen LogP contribution in [-0.4, -0.2) is 12.6 Å². The SMILES string of the molecule is CCCNC(CCC)CC1CCCCCC1. The molecule has 0 radical (unpaired) electrons. The molecule has 0 amide bonds. The first kappa shape index (κ1) is 14.0. The summed E-state index contributed by atoms with van der Waals surface area (Å²) in [6, 6.07) is 0.799. The minimum absolute atomic E-state index is 0.799. The van der Waals surface area contributed by atoms with Crippen molar-refractivity contribution in [1.82, 2.24) is 5.32 Å². The molecule has 0 spiro atoms. The fourth-order valence-electron chi connectivity index (χ4n) is 3.00. The number of nitrogens with one attached hydrogen (secondary N) is 1. The Hall–Kier alpha value is -0.0400. The van der Waals surface area contributed by atoms with Gasteiger partial charge < -0.3 is 5.32 Å². The Labute approximate surface area is 102 Å². The Kier molecular flexibility index (Phi) is 7.92. The van der Waals surface area contributed by atoms with Crippen molar-refractivity contribution < 1.29 is 0 Å². The molecule has 1 nitrogen and oxygen atoms in total. The van der Waals surface area contributed by atoms with Crippen LogP contribution in [0.2, 0.25) is 0 Å². The lowest BCUT2D eigenvalue weighted by atomic mass is 9.91. The highest BCUT2D eigenvalue weighted by atomic mass is 14.9. The first-order valence-electron chi connectivity index (χ1n) is 7.60. The van der Waals surface area contributed by atoms with Gasteiger partial charge in [-0.15, -0.1) is 0 Å². The molecule has 1 N–H and O–H groups in total. The summed E-state index contributed by atoms with van der Waals surface area (Å²) in [6.45, 7) is 5.78. The second kappa shape index (κ2) is 9.04. The van der Waals surface area contributed by atoms with Crippen LogP contribution in [0.1, 0.15) is 78.1 Å². The van der Waals surface area contributed by atoms with E-state index in [4.69, 9.17) is 0 Å². The molecule has 96 valence electrons. The lowest BCUT2D eigenvalue weighted by Crippen LogP contribution is -2.31. The zero-order chi connectivity index (χ0) is 11.6. The van der Waals surface area contributed by atoms with E-state index in [1.807, 2.05) is 0 Å². The van der Waals surface area contributed by atoms with Crippen LogP contribution in [0.5, 0.6) is 0 Å². The highest BCUT2D eigenvalue weighted by molar-refractivity contribution is 4.73. The molecule has 0 saturated heterocycles. The van der Waals surface area contributed by atoms with Crippen molar-refractivity contribution >= 4 is 0 Å². The van der Waals surface area contributed by atoms with Crippen molar-refractivity contribution in [2.45, 2.75) is 84.1 Å². The highest BCUT2D eigenvalue weighted by Gasteiger charge is 2.17. The topological polar surface area (TPSA) is 12.0 Å². The van der Waals surface area contributed by atoms with E-state index in [1.165, 1.54) is 70.8 Å². The maximum Gasteiger partial charge on any atom is 0.00695 e. The molecule has 0 aromatic heterocycles. The predicted octanol–water partition coefficient (Wildman–Crippen LogP) is 4.52. The van der Waals surface area contributed by atoms with Crippen LogP contribution in [-0.2, 0) is 0 Å². The van der Waals surface area contributed by atoms with Crippen molar-refractivity contribution in [1.29, 1.82) is 0 Å². The minimum atomic E-state index is 0.799. The molecule has 1 atom stereocenters. The predicted molar refractivity (Wildman–Crippen MR) is 72.8 cm³/mol. The van der Waals surface area contributed by atoms with Crippen LogP contribution in [0.4, 0.5) is 0 Å². The molecule has 1 heteroatoms. The van der Waals surface area contributed by atoms with E-state index >= 15 is 0 Å². The normalized spacial score (nSPS) is 20.6. The molecular formula is C15H31N. The van der Waals surface area contributed by atoms with Gasteiger partial charge in [0.2, 0.25) is 0 Å². The van der Waals surface area contributed by atoms with Gasteiger partial charge in [-0.1, -0.05) is 58.8 Å². The summed E-state index contributed by atoms with van der Waals surface area (Å²) >= 11 is 0. The summed E-state index contributed by atoms with van der Waals surface area (Å²) in [5.74, 6) is 1.02. The van der Waals surface area contributed by atoms with Crippen LogP contribution in [0, 0.1) is 5.92 Å². The zero-order valence-corrected chi connectivity index (χ0v) is 11.4. The maximum absolute atomic E-state index is 3.74. The van der Waals surface area contributed by atoms with E-state index < -0.39 is 0 Å². The standard InChI is InChI=1S/C15H31N/c1-3-9-15(16-12-4-2)13-14-10-7-5-6-8-11-14/h14-16H,3-13H2,1-2H3. The highest BCUT2D eigenvalue weighted by Crippen LogP contribution is 2.27. The first-order valence-corrected chi connectivity index (χ1v) is 7.60. The number of rotatable bonds is 7. The average molecular weight is 225 g/mol. The minimum Gasteiger partial charge on any atom is -0.314 e. The number of hydrogen-bond acceptors (Lipinski definition) is 1. The average Bonchev–Trinajstić information content (AvgIpc) is 2.55. The molecule has 1 saturated carbocycles. The fourth-order valence-corrected chi connectivity index (χ4v) is 3.00. The van der Waals surface area contributed by atoms with Gasteiger partial charge in [-0.2, -0.15) is 0 Å². The Bertz CT molecular complexity index is 148. The molecular weight excluding hydrogens is 194 g/mol. The van der Waals surface area contributed by atoms with Gasteiger partial charge in [-0.25, -0.2) is 0 Å². The molecule has 16 heavy (non-hydrogen) atoms. The molecule has 1 aliphatic rings. The molecule has 0 aliphatic heterocycles. The summed E-state index contributed by atoms with van der Waals surface area (Å²) in [7, 11) is 0. The summed E-state index contributed by atoms with van der Waals surface area (Å²) < 4.78 is 0. The molecule has 1 unspecified atom stereocenters. The van der Waals surface area contributed by atoms with Gasteiger partial charge in [-0.3, -0.25) is 0 Å². The lowest BCUT2D eigenvalue weighted by Gasteiger charge is -2.23. The van der Waals surface area contributed by atoms with Crippen molar-refractivity contribution in [2.24, 2.45) is 5.92 Å². The van der Waals surface area contributed by atoms with Crippen LogP contribution in [0.25, 0.3) is 0 Å². The van der Waals surface area contributed by atoms with Gasteiger partial charge in [-0.05, 0) is 31.7 Å². The largest absolute Gasteiger partial charge is 0.314 e. The van der Waals surface area contributed by atoms with E-state index in [2.05, 4.69) is 19.2 Å². The van der Waals surface area contributed by atoms with Gasteiger partial charge in [0.05, 0.1) is 0 Å². The summed E-state index contributed by atoms with van der Waals surface area (Å²) in [6.07, 6.45) is 14.3. The van der Waals surface area contributed by atoms with E-state index in [-0.39, 0.29) is 0 Å². The van der Waals surface area contributed by atoms with Gasteiger partial charge in [0.25, 0.3) is 0 Å². The third-order valence-electron chi connectivity index (χ3n) is 3.91. The fraction of sp³-hybridized carbons (Fsp3) is 1.00. The van der Waals surface area contributed by atoms with Gasteiger partial charge in [0.15, 0.2) is 0 Å². The van der Waals surface area contributed by atoms with E-state index in [1.54, 1.807) is 0 Å². The Morgan fingerprint density at radius 3 is 2.25 bits per heavy atom. The van der Waals surface area contributed by atoms with Crippen LogP contribution < -0.4 is 5.32 Å².